The van der Waals surface area contributed by atoms with Crippen LogP contribution in [0.3, 0.4) is 0 Å². The van der Waals surface area contributed by atoms with Gasteiger partial charge in [-0.15, -0.1) is 11.3 Å². The molecule has 1 aliphatic carbocycles. The molecule has 1 aromatic rings. The molecule has 3 atom stereocenters. The lowest BCUT2D eigenvalue weighted by atomic mass is 9.78. The highest BCUT2D eigenvalue weighted by Gasteiger charge is 2.27. The maximum Gasteiger partial charge on any atom is 0.238 e. The summed E-state index contributed by atoms with van der Waals surface area (Å²) in [5.41, 5.74) is 6.07. The first-order valence-corrected chi connectivity index (χ1v) is 10.5. The normalized spacial score (nSPS) is 22.5. The molecule has 1 amide bonds. The second-order valence-corrected chi connectivity index (χ2v) is 9.14. The van der Waals surface area contributed by atoms with Crippen LogP contribution >= 0.6 is 23.6 Å². The Morgan fingerprint density at radius 1 is 1.19 bits per heavy atom. The predicted octanol–water partition coefficient (Wildman–Crippen LogP) is 3.65. The fourth-order valence-corrected chi connectivity index (χ4v) is 4.59. The molecule has 0 spiro atoms. The number of nitrogens with one attached hydrogen (secondary N) is 3. The van der Waals surface area contributed by atoms with Crippen molar-refractivity contribution in [3.63, 3.8) is 0 Å². The number of hydrazine groups is 1. The Labute approximate surface area is 165 Å². The van der Waals surface area contributed by atoms with Crippen molar-refractivity contribution in [2.45, 2.75) is 65.8 Å². The molecule has 3 N–H and O–H groups in total. The first kappa shape index (κ1) is 20.8. The van der Waals surface area contributed by atoms with Crippen LogP contribution in [0.25, 0.3) is 0 Å². The summed E-state index contributed by atoms with van der Waals surface area (Å²) in [7, 11) is 0. The molecule has 1 aromatic heterocycles. The highest BCUT2D eigenvalue weighted by molar-refractivity contribution is 7.80. The zero-order valence-corrected chi connectivity index (χ0v) is 17.6. The highest BCUT2D eigenvalue weighted by Crippen LogP contribution is 2.29. The quantitative estimate of drug-likeness (QED) is 0.403. The van der Waals surface area contributed by atoms with E-state index in [1.54, 1.807) is 11.3 Å². The molecule has 0 aliphatic heterocycles. The van der Waals surface area contributed by atoms with Crippen LogP contribution in [0.1, 0.15) is 66.1 Å². The topological polar surface area (TPSA) is 70.2 Å². The summed E-state index contributed by atoms with van der Waals surface area (Å²) in [6.07, 6.45) is 3.88. The Balaban J connectivity index is 1.70. The van der Waals surface area contributed by atoms with Crippen molar-refractivity contribution in [2.75, 3.05) is 0 Å². The van der Waals surface area contributed by atoms with E-state index in [4.69, 9.17) is 12.2 Å². The van der Waals surface area contributed by atoms with Gasteiger partial charge < -0.3 is 5.32 Å². The summed E-state index contributed by atoms with van der Waals surface area (Å²) >= 11 is 6.88. The zero-order chi connectivity index (χ0) is 19.3. The zero-order valence-electron chi connectivity index (χ0n) is 16.0. The van der Waals surface area contributed by atoms with E-state index in [0.29, 0.717) is 23.0 Å². The Hall–Kier alpha value is -1.47. The highest BCUT2D eigenvalue weighted by atomic mass is 32.1. The molecule has 0 saturated heterocycles. The average molecular weight is 396 g/mol. The van der Waals surface area contributed by atoms with E-state index in [2.05, 4.69) is 30.0 Å². The maximum atomic E-state index is 12.2. The first-order chi connectivity index (χ1) is 12.3. The largest absolute Gasteiger partial charge is 0.358 e. The number of rotatable bonds is 5. The van der Waals surface area contributed by atoms with Crippen LogP contribution in [0.5, 0.6) is 0 Å². The van der Waals surface area contributed by atoms with Crippen molar-refractivity contribution >= 4 is 40.4 Å². The van der Waals surface area contributed by atoms with Gasteiger partial charge in [-0.05, 0) is 50.4 Å². The van der Waals surface area contributed by atoms with Crippen molar-refractivity contribution in [1.82, 2.24) is 16.2 Å². The second-order valence-electron chi connectivity index (χ2n) is 7.27. The van der Waals surface area contributed by atoms with Crippen molar-refractivity contribution < 1.29 is 9.59 Å². The number of thiocarbonyl (C=S) groups is 1. The Morgan fingerprint density at radius 3 is 2.58 bits per heavy atom. The third-order valence-electron chi connectivity index (χ3n) is 5.26. The predicted molar refractivity (Wildman–Crippen MR) is 110 cm³/mol. The van der Waals surface area contributed by atoms with Crippen molar-refractivity contribution in [3.8, 4) is 0 Å². The van der Waals surface area contributed by atoms with Gasteiger partial charge in [-0.1, -0.05) is 26.7 Å². The van der Waals surface area contributed by atoms with E-state index in [0.717, 1.165) is 21.7 Å². The molecule has 0 aromatic carbocycles. The molecule has 0 radical (unpaired) electrons. The number of hydrogen-bond acceptors (Lipinski definition) is 4. The molecule has 1 fully saturated rings. The van der Waals surface area contributed by atoms with Crippen LogP contribution in [-0.2, 0) is 4.79 Å². The molecular weight excluding hydrogens is 366 g/mol. The standard InChI is InChI=1S/C19H29N3O2S2/c1-11-6-5-7-16(13(11)3)20-19(25)22-21-18(24)9-8-17(23)15-10-12(2)26-14(15)4/h10-11,13,16H,5-9H2,1-4H3,(H,21,24)(H2,20,22,25)/t11-,13-,16-/m0/s1. The smallest absolute Gasteiger partial charge is 0.238 e. The molecule has 26 heavy (non-hydrogen) atoms. The summed E-state index contributed by atoms with van der Waals surface area (Å²) in [5.74, 6) is 0.993. The number of Topliss-reactive ketones (excluding diaryl/α,β-unsaturated/α-hetero) is 1. The fraction of sp³-hybridized carbons (Fsp3) is 0.632. The first-order valence-electron chi connectivity index (χ1n) is 9.23. The van der Waals surface area contributed by atoms with Gasteiger partial charge >= 0.3 is 0 Å². The minimum Gasteiger partial charge on any atom is -0.358 e. The lowest BCUT2D eigenvalue weighted by Gasteiger charge is -2.35. The van der Waals surface area contributed by atoms with E-state index >= 15 is 0 Å². The summed E-state index contributed by atoms with van der Waals surface area (Å²) in [6.45, 7) is 8.42. The van der Waals surface area contributed by atoms with Crippen molar-refractivity contribution in [3.05, 3.63) is 21.4 Å². The molecule has 7 heteroatoms. The monoisotopic (exact) mass is 395 g/mol. The van der Waals surface area contributed by atoms with Crippen LogP contribution in [0.15, 0.2) is 6.07 Å². The van der Waals surface area contributed by atoms with Crippen LogP contribution in [-0.4, -0.2) is 22.8 Å². The molecular formula is C19H29N3O2S2. The van der Waals surface area contributed by atoms with E-state index in [1.807, 2.05) is 19.9 Å². The van der Waals surface area contributed by atoms with E-state index in [1.165, 1.54) is 12.8 Å². The number of aryl methyl sites for hydroxylation is 2. The molecule has 5 nitrogen and oxygen atoms in total. The summed E-state index contributed by atoms with van der Waals surface area (Å²) < 4.78 is 0. The van der Waals surface area contributed by atoms with E-state index in [9.17, 15) is 9.59 Å². The number of carbonyl (C=O) groups is 2. The van der Waals surface area contributed by atoms with Crippen LogP contribution in [0.2, 0.25) is 0 Å². The van der Waals surface area contributed by atoms with Gasteiger partial charge in [0, 0.05) is 34.2 Å². The van der Waals surface area contributed by atoms with Crippen LogP contribution in [0, 0.1) is 25.7 Å². The van der Waals surface area contributed by atoms with E-state index < -0.39 is 0 Å². The SMILES string of the molecule is Cc1cc(C(=O)CCC(=O)NNC(=S)N[C@H]2CCC[C@H](C)[C@@H]2C)c(C)s1. The second kappa shape index (κ2) is 9.46. The molecule has 2 rings (SSSR count). The van der Waals surface area contributed by atoms with Gasteiger partial charge in [-0.25, -0.2) is 0 Å². The van der Waals surface area contributed by atoms with Gasteiger partial charge in [-0.3, -0.25) is 20.4 Å². The number of ketones is 1. The van der Waals surface area contributed by atoms with Gasteiger partial charge in [0.1, 0.15) is 0 Å². The molecule has 0 unspecified atom stereocenters. The minimum absolute atomic E-state index is 0.00715. The average Bonchev–Trinajstić information content (AvgIpc) is 2.93. The lowest BCUT2D eigenvalue weighted by Crippen LogP contribution is -2.52. The van der Waals surface area contributed by atoms with Gasteiger partial charge in [0.25, 0.3) is 0 Å². The van der Waals surface area contributed by atoms with Gasteiger partial charge in [0.05, 0.1) is 0 Å². The fourth-order valence-electron chi connectivity index (χ4n) is 3.45. The van der Waals surface area contributed by atoms with Crippen molar-refractivity contribution in [2.24, 2.45) is 11.8 Å². The van der Waals surface area contributed by atoms with Crippen LogP contribution < -0.4 is 16.2 Å². The molecule has 0 bridgehead atoms. The van der Waals surface area contributed by atoms with Crippen LogP contribution in [0.4, 0.5) is 0 Å². The molecule has 1 heterocycles. The van der Waals surface area contributed by atoms with Gasteiger partial charge in [-0.2, -0.15) is 0 Å². The van der Waals surface area contributed by atoms with Gasteiger partial charge in [0.15, 0.2) is 10.9 Å². The number of amides is 1. The molecule has 1 aliphatic rings. The van der Waals surface area contributed by atoms with Crippen molar-refractivity contribution in [1.29, 1.82) is 0 Å². The van der Waals surface area contributed by atoms with E-state index in [-0.39, 0.29) is 24.5 Å². The maximum absolute atomic E-state index is 12.2. The summed E-state index contributed by atoms with van der Waals surface area (Å²) in [5, 5.41) is 3.73. The number of thiophene rings is 1. The van der Waals surface area contributed by atoms with Gasteiger partial charge in [0.2, 0.25) is 5.91 Å². The third-order valence-corrected chi connectivity index (χ3v) is 6.45. The minimum atomic E-state index is -0.239. The Bertz CT molecular complexity index is 672. The number of hydrogen-bond donors (Lipinski definition) is 3. The Kier molecular flexibility index (Phi) is 7.58. The number of carbonyl (C=O) groups excluding carboxylic acids is 2. The molecule has 144 valence electrons. The summed E-state index contributed by atoms with van der Waals surface area (Å²) in [4.78, 5) is 26.3. The summed E-state index contributed by atoms with van der Waals surface area (Å²) in [6, 6.07) is 2.23. The lowest BCUT2D eigenvalue weighted by molar-refractivity contribution is -0.121. The molecule has 1 saturated carbocycles. The Morgan fingerprint density at radius 2 is 1.92 bits per heavy atom. The third kappa shape index (κ3) is 5.77.